The lowest BCUT2D eigenvalue weighted by atomic mass is 10.3. The number of hydrogen-bond donors (Lipinski definition) is 1. The highest BCUT2D eigenvalue weighted by atomic mass is 35.5. The van der Waals surface area contributed by atoms with Gasteiger partial charge in [-0.25, -0.2) is 4.98 Å². The Balaban J connectivity index is 1.87. The Morgan fingerprint density at radius 2 is 2.00 bits per heavy atom. The van der Waals surface area contributed by atoms with Gasteiger partial charge in [-0.1, -0.05) is 23.7 Å². The molecule has 0 aliphatic carbocycles. The summed E-state index contributed by atoms with van der Waals surface area (Å²) in [5.41, 5.74) is 0.828. The van der Waals surface area contributed by atoms with Crippen molar-refractivity contribution in [2.75, 3.05) is 30.4 Å². The molecule has 21 heavy (non-hydrogen) atoms. The van der Waals surface area contributed by atoms with E-state index in [2.05, 4.69) is 20.2 Å². The Hall–Kier alpha value is -2.01. The number of nitrogens with zero attached hydrogens (tertiary/aromatic N) is 3. The fourth-order valence-corrected chi connectivity index (χ4v) is 2.65. The molecule has 0 bridgehead atoms. The maximum atomic E-state index is 6.22. The van der Waals surface area contributed by atoms with Gasteiger partial charge < -0.3 is 15.0 Å². The maximum absolute atomic E-state index is 6.22. The molecule has 1 aliphatic heterocycles. The molecule has 1 aromatic carbocycles. The van der Waals surface area contributed by atoms with Crippen molar-refractivity contribution in [2.24, 2.45) is 0 Å². The monoisotopic (exact) mass is 304 g/mol. The molecule has 0 spiro atoms. The molecule has 0 saturated carbocycles. The fraction of sp³-hybridized carbons (Fsp3) is 0.333. The summed E-state index contributed by atoms with van der Waals surface area (Å²) in [6.07, 6.45) is 3.99. The van der Waals surface area contributed by atoms with Crippen LogP contribution in [0.2, 0.25) is 5.02 Å². The second kappa shape index (κ2) is 6.18. The summed E-state index contributed by atoms with van der Waals surface area (Å²) in [4.78, 5) is 11.0. The van der Waals surface area contributed by atoms with Crippen molar-refractivity contribution in [1.82, 2.24) is 9.97 Å². The topological polar surface area (TPSA) is 50.3 Å². The fourth-order valence-electron chi connectivity index (χ4n) is 2.44. The van der Waals surface area contributed by atoms with E-state index >= 15 is 0 Å². The van der Waals surface area contributed by atoms with E-state index in [1.807, 2.05) is 24.3 Å². The zero-order valence-electron chi connectivity index (χ0n) is 11.8. The number of hydrogen-bond acceptors (Lipinski definition) is 5. The normalized spacial score (nSPS) is 14.3. The first-order valence-electron chi connectivity index (χ1n) is 6.95. The molecular weight excluding hydrogens is 288 g/mol. The van der Waals surface area contributed by atoms with E-state index in [-0.39, 0.29) is 0 Å². The van der Waals surface area contributed by atoms with Crippen LogP contribution in [0.1, 0.15) is 12.8 Å². The number of ether oxygens (including phenoxy) is 1. The standard InChI is InChI=1S/C15H17ClN4O/c1-21-13-7-3-2-6-12(13)18-15-17-10-11(16)14(19-15)20-8-4-5-9-20/h2-3,6-7,10H,4-5,8-9H2,1H3,(H,17,18,19). The van der Waals surface area contributed by atoms with Crippen LogP contribution in [-0.4, -0.2) is 30.2 Å². The first-order chi connectivity index (χ1) is 10.3. The van der Waals surface area contributed by atoms with Gasteiger partial charge in [0.1, 0.15) is 10.8 Å². The zero-order chi connectivity index (χ0) is 14.7. The third-order valence-electron chi connectivity index (χ3n) is 3.48. The Morgan fingerprint density at radius 1 is 1.24 bits per heavy atom. The van der Waals surface area contributed by atoms with Gasteiger partial charge in [0, 0.05) is 13.1 Å². The molecule has 0 amide bonds. The van der Waals surface area contributed by atoms with Crippen LogP contribution in [0.25, 0.3) is 0 Å². The van der Waals surface area contributed by atoms with Crippen molar-refractivity contribution < 1.29 is 4.74 Å². The first-order valence-corrected chi connectivity index (χ1v) is 7.33. The van der Waals surface area contributed by atoms with Crippen LogP contribution in [0.3, 0.4) is 0 Å². The average molecular weight is 305 g/mol. The molecule has 1 N–H and O–H groups in total. The lowest BCUT2D eigenvalue weighted by molar-refractivity contribution is 0.417. The molecule has 0 unspecified atom stereocenters. The Kier molecular flexibility index (Phi) is 4.10. The highest BCUT2D eigenvalue weighted by Crippen LogP contribution is 2.29. The van der Waals surface area contributed by atoms with Gasteiger partial charge in [0.2, 0.25) is 5.95 Å². The summed E-state index contributed by atoms with van der Waals surface area (Å²) in [7, 11) is 1.64. The molecule has 6 heteroatoms. The molecule has 5 nitrogen and oxygen atoms in total. The SMILES string of the molecule is COc1ccccc1Nc1ncc(Cl)c(N2CCCC2)n1. The molecule has 3 rings (SSSR count). The van der Waals surface area contributed by atoms with Crippen molar-refractivity contribution in [2.45, 2.75) is 12.8 Å². The predicted octanol–water partition coefficient (Wildman–Crippen LogP) is 3.48. The highest BCUT2D eigenvalue weighted by Gasteiger charge is 2.18. The summed E-state index contributed by atoms with van der Waals surface area (Å²) < 4.78 is 5.32. The smallest absolute Gasteiger partial charge is 0.229 e. The summed E-state index contributed by atoms with van der Waals surface area (Å²) in [5.74, 6) is 2.06. The summed E-state index contributed by atoms with van der Waals surface area (Å²) in [5, 5.41) is 3.77. The van der Waals surface area contributed by atoms with Crippen LogP contribution in [-0.2, 0) is 0 Å². The lowest BCUT2D eigenvalue weighted by Gasteiger charge is -2.18. The van der Waals surface area contributed by atoms with Gasteiger partial charge in [-0.2, -0.15) is 4.98 Å². The molecule has 1 fully saturated rings. The van der Waals surface area contributed by atoms with E-state index in [0.29, 0.717) is 11.0 Å². The summed E-state index contributed by atoms with van der Waals surface area (Å²) >= 11 is 6.22. The molecule has 2 heterocycles. The highest BCUT2D eigenvalue weighted by molar-refractivity contribution is 6.32. The van der Waals surface area contributed by atoms with Gasteiger partial charge in [-0.15, -0.1) is 0 Å². The van der Waals surface area contributed by atoms with Crippen LogP contribution < -0.4 is 15.0 Å². The molecule has 2 aromatic rings. The third kappa shape index (κ3) is 3.03. The maximum Gasteiger partial charge on any atom is 0.229 e. The number of para-hydroxylation sites is 2. The van der Waals surface area contributed by atoms with Crippen molar-refractivity contribution in [1.29, 1.82) is 0 Å². The molecule has 110 valence electrons. The van der Waals surface area contributed by atoms with E-state index in [0.717, 1.165) is 30.3 Å². The van der Waals surface area contributed by atoms with Gasteiger partial charge in [0.05, 0.1) is 19.0 Å². The minimum atomic E-state index is 0.519. The minimum absolute atomic E-state index is 0.519. The van der Waals surface area contributed by atoms with Gasteiger partial charge in [0.15, 0.2) is 5.82 Å². The van der Waals surface area contributed by atoms with Crippen molar-refractivity contribution >= 4 is 29.1 Å². The van der Waals surface area contributed by atoms with Crippen LogP contribution in [0.4, 0.5) is 17.5 Å². The number of benzene rings is 1. The number of halogens is 1. The molecule has 1 aliphatic rings. The Labute approximate surface area is 128 Å². The van der Waals surface area contributed by atoms with E-state index in [4.69, 9.17) is 16.3 Å². The number of rotatable bonds is 4. The van der Waals surface area contributed by atoms with Crippen molar-refractivity contribution in [3.05, 3.63) is 35.5 Å². The van der Waals surface area contributed by atoms with Crippen molar-refractivity contribution in [3.63, 3.8) is 0 Å². The number of nitrogens with one attached hydrogen (secondary N) is 1. The predicted molar refractivity (Wildman–Crippen MR) is 84.8 cm³/mol. The molecule has 1 saturated heterocycles. The summed E-state index contributed by atoms with van der Waals surface area (Å²) in [6, 6.07) is 7.66. The third-order valence-corrected chi connectivity index (χ3v) is 3.75. The minimum Gasteiger partial charge on any atom is -0.495 e. The quantitative estimate of drug-likeness (QED) is 0.937. The van der Waals surface area contributed by atoms with Gasteiger partial charge in [-0.3, -0.25) is 0 Å². The first kappa shape index (κ1) is 13.9. The number of aromatic nitrogens is 2. The molecule has 0 atom stereocenters. The second-order valence-corrected chi connectivity index (χ2v) is 5.29. The van der Waals surface area contributed by atoms with E-state index in [9.17, 15) is 0 Å². The average Bonchev–Trinajstić information content (AvgIpc) is 3.04. The Morgan fingerprint density at radius 3 is 2.76 bits per heavy atom. The molecule has 1 aromatic heterocycles. The van der Waals surface area contributed by atoms with E-state index in [1.54, 1.807) is 13.3 Å². The van der Waals surface area contributed by atoms with Gasteiger partial charge in [0.25, 0.3) is 0 Å². The van der Waals surface area contributed by atoms with Crippen LogP contribution in [0.5, 0.6) is 5.75 Å². The lowest BCUT2D eigenvalue weighted by Crippen LogP contribution is -2.20. The molecule has 0 radical (unpaired) electrons. The van der Waals surface area contributed by atoms with Crippen LogP contribution in [0, 0.1) is 0 Å². The number of anilines is 3. The number of methoxy groups -OCH3 is 1. The second-order valence-electron chi connectivity index (χ2n) is 4.88. The van der Waals surface area contributed by atoms with Crippen molar-refractivity contribution in [3.8, 4) is 5.75 Å². The van der Waals surface area contributed by atoms with E-state index < -0.39 is 0 Å². The van der Waals surface area contributed by atoms with Gasteiger partial charge >= 0.3 is 0 Å². The molecular formula is C15H17ClN4O. The van der Waals surface area contributed by atoms with Crippen LogP contribution >= 0.6 is 11.6 Å². The Bertz CT molecular complexity index is 629. The largest absolute Gasteiger partial charge is 0.495 e. The summed E-state index contributed by atoms with van der Waals surface area (Å²) in [6.45, 7) is 1.98. The van der Waals surface area contributed by atoms with E-state index in [1.165, 1.54) is 12.8 Å². The van der Waals surface area contributed by atoms with Gasteiger partial charge in [-0.05, 0) is 25.0 Å². The van der Waals surface area contributed by atoms with Crippen LogP contribution in [0.15, 0.2) is 30.5 Å². The zero-order valence-corrected chi connectivity index (χ0v) is 12.6.